The van der Waals surface area contributed by atoms with E-state index < -0.39 is 17.2 Å². The SMILES string of the molecule is CCOc1ccccc1OCC(=O)N(CCC(C)C)c1c(N)n(Cc2ccccc2)c(=O)[nH]c1=O. The number of nitrogens with zero attached hydrogens (tertiary/aromatic N) is 2. The van der Waals surface area contributed by atoms with Gasteiger partial charge in [-0.15, -0.1) is 0 Å². The summed E-state index contributed by atoms with van der Waals surface area (Å²) in [6.45, 7) is 6.39. The molecule has 3 N–H and O–H groups in total. The molecule has 0 bridgehead atoms. The predicted octanol–water partition coefficient (Wildman–Crippen LogP) is 3.02. The van der Waals surface area contributed by atoms with Crippen LogP contribution in [0.15, 0.2) is 64.2 Å². The Morgan fingerprint density at radius 3 is 2.29 bits per heavy atom. The zero-order valence-corrected chi connectivity index (χ0v) is 20.3. The Kier molecular flexibility index (Phi) is 8.72. The number of benzene rings is 2. The van der Waals surface area contributed by atoms with Gasteiger partial charge in [-0.2, -0.15) is 0 Å². The van der Waals surface area contributed by atoms with Crippen LogP contribution in [0.25, 0.3) is 0 Å². The summed E-state index contributed by atoms with van der Waals surface area (Å²) in [5.41, 5.74) is 5.74. The van der Waals surface area contributed by atoms with Crippen molar-refractivity contribution in [2.75, 3.05) is 30.4 Å². The molecule has 35 heavy (non-hydrogen) atoms. The minimum absolute atomic E-state index is 0.0622. The van der Waals surface area contributed by atoms with Crippen LogP contribution in [-0.4, -0.2) is 35.2 Å². The Morgan fingerprint density at radius 2 is 1.66 bits per heavy atom. The smallest absolute Gasteiger partial charge is 0.330 e. The first-order valence-corrected chi connectivity index (χ1v) is 11.6. The lowest BCUT2D eigenvalue weighted by Gasteiger charge is -2.25. The van der Waals surface area contributed by atoms with Crippen LogP contribution in [0.4, 0.5) is 11.5 Å². The number of hydrogen-bond acceptors (Lipinski definition) is 6. The van der Waals surface area contributed by atoms with Gasteiger partial charge in [0.2, 0.25) is 0 Å². The highest BCUT2D eigenvalue weighted by atomic mass is 16.5. The monoisotopic (exact) mass is 480 g/mol. The number of carbonyl (C=O) groups excluding carboxylic acids is 1. The van der Waals surface area contributed by atoms with E-state index in [1.807, 2.05) is 57.2 Å². The van der Waals surface area contributed by atoms with Crippen molar-refractivity contribution in [3.8, 4) is 11.5 Å². The number of rotatable bonds is 11. The average molecular weight is 481 g/mol. The van der Waals surface area contributed by atoms with Gasteiger partial charge in [0, 0.05) is 6.54 Å². The van der Waals surface area contributed by atoms with E-state index >= 15 is 0 Å². The molecule has 0 aliphatic rings. The van der Waals surface area contributed by atoms with Crippen molar-refractivity contribution in [3.63, 3.8) is 0 Å². The molecule has 1 heterocycles. The van der Waals surface area contributed by atoms with Gasteiger partial charge in [-0.1, -0.05) is 56.3 Å². The zero-order chi connectivity index (χ0) is 25.4. The van der Waals surface area contributed by atoms with Gasteiger partial charge in [0.05, 0.1) is 13.2 Å². The van der Waals surface area contributed by atoms with Gasteiger partial charge in [-0.25, -0.2) is 4.79 Å². The van der Waals surface area contributed by atoms with Crippen LogP contribution in [0.2, 0.25) is 0 Å². The van der Waals surface area contributed by atoms with E-state index in [1.165, 1.54) is 9.47 Å². The maximum absolute atomic E-state index is 13.3. The fourth-order valence-corrected chi connectivity index (χ4v) is 3.57. The van der Waals surface area contributed by atoms with E-state index in [0.717, 1.165) is 5.56 Å². The Bertz CT molecular complexity index is 1250. The second-order valence-corrected chi connectivity index (χ2v) is 8.46. The summed E-state index contributed by atoms with van der Waals surface area (Å²) in [4.78, 5) is 42.4. The van der Waals surface area contributed by atoms with Crippen LogP contribution in [0.3, 0.4) is 0 Å². The van der Waals surface area contributed by atoms with E-state index in [9.17, 15) is 14.4 Å². The molecule has 1 aromatic heterocycles. The van der Waals surface area contributed by atoms with Crippen LogP contribution in [0, 0.1) is 5.92 Å². The molecule has 3 rings (SSSR count). The highest BCUT2D eigenvalue weighted by Gasteiger charge is 2.25. The van der Waals surface area contributed by atoms with Crippen LogP contribution >= 0.6 is 0 Å². The summed E-state index contributed by atoms with van der Waals surface area (Å²) in [5.74, 6) is 0.668. The van der Waals surface area contributed by atoms with E-state index in [1.54, 1.807) is 18.2 Å². The topological polar surface area (TPSA) is 120 Å². The third kappa shape index (κ3) is 6.53. The molecule has 9 heteroatoms. The highest BCUT2D eigenvalue weighted by molar-refractivity contribution is 5.96. The van der Waals surface area contributed by atoms with Crippen molar-refractivity contribution in [1.82, 2.24) is 9.55 Å². The minimum Gasteiger partial charge on any atom is -0.490 e. The molecular formula is C26H32N4O5. The third-order valence-corrected chi connectivity index (χ3v) is 5.40. The molecule has 0 radical (unpaired) electrons. The molecule has 0 unspecified atom stereocenters. The molecule has 0 aliphatic carbocycles. The van der Waals surface area contributed by atoms with Gasteiger partial charge in [0.25, 0.3) is 11.5 Å². The lowest BCUT2D eigenvalue weighted by atomic mass is 10.1. The molecule has 9 nitrogen and oxygen atoms in total. The summed E-state index contributed by atoms with van der Waals surface area (Å²) >= 11 is 0. The Labute approximate surface area is 204 Å². The van der Waals surface area contributed by atoms with Gasteiger partial charge < -0.3 is 20.1 Å². The Balaban J connectivity index is 1.94. The van der Waals surface area contributed by atoms with Crippen LogP contribution in [-0.2, 0) is 11.3 Å². The maximum Gasteiger partial charge on any atom is 0.330 e. The minimum atomic E-state index is -0.719. The number of ether oxygens (including phenoxy) is 2. The van der Waals surface area contributed by atoms with Crippen molar-refractivity contribution in [2.24, 2.45) is 5.92 Å². The first-order chi connectivity index (χ1) is 16.8. The van der Waals surface area contributed by atoms with Crippen molar-refractivity contribution < 1.29 is 14.3 Å². The molecule has 186 valence electrons. The largest absolute Gasteiger partial charge is 0.490 e. The first kappa shape index (κ1) is 25.6. The molecule has 0 spiro atoms. The third-order valence-electron chi connectivity index (χ3n) is 5.40. The van der Waals surface area contributed by atoms with Crippen molar-refractivity contribution in [1.29, 1.82) is 0 Å². The van der Waals surface area contributed by atoms with E-state index in [0.29, 0.717) is 24.5 Å². The highest BCUT2D eigenvalue weighted by Crippen LogP contribution is 2.27. The lowest BCUT2D eigenvalue weighted by Crippen LogP contribution is -2.43. The summed E-state index contributed by atoms with van der Waals surface area (Å²) in [5, 5.41) is 0. The van der Waals surface area contributed by atoms with Crippen LogP contribution < -0.4 is 31.4 Å². The van der Waals surface area contributed by atoms with Gasteiger partial charge in [-0.05, 0) is 37.0 Å². The number of amides is 1. The molecule has 0 fully saturated rings. The summed E-state index contributed by atoms with van der Waals surface area (Å²) < 4.78 is 12.6. The zero-order valence-electron chi connectivity index (χ0n) is 20.3. The van der Waals surface area contributed by atoms with Gasteiger partial charge >= 0.3 is 5.69 Å². The molecule has 2 aromatic carbocycles. The maximum atomic E-state index is 13.3. The second kappa shape index (κ2) is 11.9. The number of aromatic nitrogens is 2. The number of aromatic amines is 1. The number of nitrogen functional groups attached to an aromatic ring is 1. The van der Waals surface area contributed by atoms with Gasteiger partial charge in [0.1, 0.15) is 5.82 Å². The number of hydrogen-bond donors (Lipinski definition) is 2. The second-order valence-electron chi connectivity index (χ2n) is 8.46. The van der Waals surface area contributed by atoms with Crippen LogP contribution in [0.5, 0.6) is 11.5 Å². The number of H-pyrrole nitrogens is 1. The number of carbonyl (C=O) groups is 1. The van der Waals surface area contributed by atoms with Crippen molar-refractivity contribution >= 4 is 17.4 Å². The molecule has 0 saturated heterocycles. The molecule has 1 amide bonds. The fraction of sp³-hybridized carbons (Fsp3) is 0.346. The van der Waals surface area contributed by atoms with E-state index in [2.05, 4.69) is 4.98 Å². The molecule has 0 aliphatic heterocycles. The molecule has 0 atom stereocenters. The van der Waals surface area contributed by atoms with Gasteiger partial charge in [-0.3, -0.25) is 19.1 Å². The van der Waals surface area contributed by atoms with Crippen molar-refractivity contribution in [3.05, 3.63) is 81.0 Å². The number of nitrogens with two attached hydrogens (primary N) is 1. The number of anilines is 2. The molecule has 3 aromatic rings. The lowest BCUT2D eigenvalue weighted by molar-refractivity contribution is -0.120. The Hall–Kier alpha value is -4.01. The Morgan fingerprint density at radius 1 is 1.03 bits per heavy atom. The first-order valence-electron chi connectivity index (χ1n) is 11.6. The molecular weight excluding hydrogens is 448 g/mol. The molecule has 0 saturated carbocycles. The van der Waals surface area contributed by atoms with Gasteiger partial charge in [0.15, 0.2) is 23.8 Å². The summed E-state index contributed by atoms with van der Waals surface area (Å²) in [6, 6.07) is 16.3. The van der Waals surface area contributed by atoms with E-state index in [-0.39, 0.29) is 37.1 Å². The normalized spacial score (nSPS) is 10.9. The number of nitrogens with one attached hydrogen (secondary N) is 1. The summed E-state index contributed by atoms with van der Waals surface area (Å²) in [7, 11) is 0. The standard InChI is InChI=1S/C26H32N4O5/c1-4-34-20-12-8-9-13-21(20)35-17-22(31)29(15-14-18(2)3)23-24(27)30(26(33)28-25(23)32)16-19-10-6-5-7-11-19/h5-13,18H,4,14-17,27H2,1-3H3,(H,28,32,33). The van der Waals surface area contributed by atoms with Crippen molar-refractivity contribution in [2.45, 2.75) is 33.7 Å². The van der Waals surface area contributed by atoms with E-state index in [4.69, 9.17) is 15.2 Å². The van der Waals surface area contributed by atoms with Crippen LogP contribution in [0.1, 0.15) is 32.8 Å². The summed E-state index contributed by atoms with van der Waals surface area (Å²) in [6.07, 6.45) is 0.623. The quantitative estimate of drug-likeness (QED) is 0.435. The predicted molar refractivity (Wildman–Crippen MR) is 136 cm³/mol. The average Bonchev–Trinajstić information content (AvgIpc) is 2.83. The fourth-order valence-electron chi connectivity index (χ4n) is 3.57. The number of para-hydroxylation sites is 2.